The molecule has 0 aliphatic carbocycles. The fourth-order valence-corrected chi connectivity index (χ4v) is 1.12. The first-order valence-corrected chi connectivity index (χ1v) is 4.56. The van der Waals surface area contributed by atoms with Gasteiger partial charge in [0.1, 0.15) is 5.60 Å². The van der Waals surface area contributed by atoms with Crippen LogP contribution in [0.4, 0.5) is 13.2 Å². The monoisotopic (exact) mass is 235 g/mol. The van der Waals surface area contributed by atoms with Gasteiger partial charge in [-0.05, 0) is 19.9 Å². The van der Waals surface area contributed by atoms with Gasteiger partial charge in [0.25, 0.3) is 0 Å². The van der Waals surface area contributed by atoms with Crippen molar-refractivity contribution in [1.82, 2.24) is 4.98 Å². The SMILES string of the molecule is CC(C)(O)c1ccc([C@@H](O)C(F)(F)F)cn1. The van der Waals surface area contributed by atoms with Crippen molar-refractivity contribution in [2.45, 2.75) is 31.7 Å². The summed E-state index contributed by atoms with van der Waals surface area (Å²) < 4.78 is 36.4. The van der Waals surface area contributed by atoms with Crippen LogP contribution in [0.15, 0.2) is 18.3 Å². The van der Waals surface area contributed by atoms with Crippen molar-refractivity contribution in [3.63, 3.8) is 0 Å². The molecule has 1 heterocycles. The Bertz CT molecular complexity index is 354. The van der Waals surface area contributed by atoms with E-state index in [2.05, 4.69) is 4.98 Å². The minimum atomic E-state index is -4.71. The quantitative estimate of drug-likeness (QED) is 0.823. The molecule has 3 nitrogen and oxygen atoms in total. The Balaban J connectivity index is 2.96. The molecule has 0 aliphatic heterocycles. The smallest absolute Gasteiger partial charge is 0.384 e. The van der Waals surface area contributed by atoms with E-state index in [0.29, 0.717) is 0 Å². The fraction of sp³-hybridized carbons (Fsp3) is 0.500. The number of nitrogens with zero attached hydrogens (tertiary/aromatic N) is 1. The van der Waals surface area contributed by atoms with Crippen molar-refractivity contribution in [3.8, 4) is 0 Å². The number of hydrogen-bond acceptors (Lipinski definition) is 3. The van der Waals surface area contributed by atoms with Gasteiger partial charge < -0.3 is 10.2 Å². The second-order valence-corrected chi connectivity index (χ2v) is 3.98. The van der Waals surface area contributed by atoms with Gasteiger partial charge in [0, 0.05) is 11.8 Å². The standard InChI is InChI=1S/C10H12F3NO2/c1-9(2,16)7-4-3-6(5-14-7)8(15)10(11,12)13/h3-5,8,15-16H,1-2H3/t8-/m1/s1. The van der Waals surface area contributed by atoms with E-state index in [1.54, 1.807) is 0 Å². The summed E-state index contributed by atoms with van der Waals surface area (Å²) in [6.45, 7) is 2.93. The van der Waals surface area contributed by atoms with Crippen molar-refractivity contribution < 1.29 is 23.4 Å². The lowest BCUT2D eigenvalue weighted by Gasteiger charge is -2.18. The number of aromatic nitrogens is 1. The Morgan fingerprint density at radius 3 is 2.12 bits per heavy atom. The summed E-state index contributed by atoms with van der Waals surface area (Å²) in [6.07, 6.45) is -6.35. The number of hydrogen-bond donors (Lipinski definition) is 2. The van der Waals surface area contributed by atoms with Crippen LogP contribution >= 0.6 is 0 Å². The zero-order valence-corrected chi connectivity index (χ0v) is 8.78. The third-order valence-electron chi connectivity index (χ3n) is 2.04. The van der Waals surface area contributed by atoms with E-state index in [-0.39, 0.29) is 11.3 Å². The van der Waals surface area contributed by atoms with Gasteiger partial charge in [-0.3, -0.25) is 4.98 Å². The van der Waals surface area contributed by atoms with Gasteiger partial charge in [0.15, 0.2) is 6.10 Å². The number of aliphatic hydroxyl groups excluding tert-OH is 1. The van der Waals surface area contributed by atoms with Crippen LogP contribution in [-0.2, 0) is 5.60 Å². The maximum absolute atomic E-state index is 12.1. The molecule has 0 saturated heterocycles. The summed E-state index contributed by atoms with van der Waals surface area (Å²) in [5.41, 5.74) is -1.33. The molecule has 90 valence electrons. The van der Waals surface area contributed by atoms with Gasteiger partial charge in [-0.15, -0.1) is 0 Å². The van der Waals surface area contributed by atoms with Crippen LogP contribution in [0.5, 0.6) is 0 Å². The van der Waals surface area contributed by atoms with E-state index in [9.17, 15) is 18.3 Å². The van der Waals surface area contributed by atoms with Crippen LogP contribution in [0.2, 0.25) is 0 Å². The molecule has 0 aromatic carbocycles. The summed E-state index contributed by atoms with van der Waals surface area (Å²) in [5, 5.41) is 18.5. The molecule has 2 N–H and O–H groups in total. The van der Waals surface area contributed by atoms with E-state index in [1.807, 2.05) is 0 Å². The lowest BCUT2D eigenvalue weighted by atomic mass is 10.0. The highest BCUT2D eigenvalue weighted by Gasteiger charge is 2.39. The fourth-order valence-electron chi connectivity index (χ4n) is 1.12. The highest BCUT2D eigenvalue weighted by molar-refractivity contribution is 5.20. The first-order chi connectivity index (χ1) is 7.12. The molecule has 6 heteroatoms. The lowest BCUT2D eigenvalue weighted by Crippen LogP contribution is -2.21. The van der Waals surface area contributed by atoms with E-state index < -0.39 is 17.9 Å². The zero-order valence-electron chi connectivity index (χ0n) is 8.78. The van der Waals surface area contributed by atoms with E-state index >= 15 is 0 Å². The average Bonchev–Trinajstić information content (AvgIpc) is 2.14. The molecule has 0 spiro atoms. The molecule has 0 radical (unpaired) electrons. The Morgan fingerprint density at radius 2 is 1.81 bits per heavy atom. The summed E-state index contributed by atoms with van der Waals surface area (Å²) in [4.78, 5) is 3.67. The molecule has 0 unspecified atom stereocenters. The maximum Gasteiger partial charge on any atom is 0.418 e. The Labute approximate surface area is 90.6 Å². The predicted molar refractivity (Wildman–Crippen MR) is 50.5 cm³/mol. The molecule has 0 bridgehead atoms. The van der Waals surface area contributed by atoms with E-state index in [4.69, 9.17) is 5.11 Å². The normalized spacial score (nSPS) is 14.9. The van der Waals surface area contributed by atoms with Crippen molar-refractivity contribution in [1.29, 1.82) is 0 Å². The molecule has 0 amide bonds. The molecule has 1 aromatic rings. The lowest BCUT2D eigenvalue weighted by molar-refractivity contribution is -0.206. The predicted octanol–water partition coefficient (Wildman–Crippen LogP) is 1.90. The molecule has 1 atom stereocenters. The molecule has 16 heavy (non-hydrogen) atoms. The third kappa shape index (κ3) is 2.93. The topological polar surface area (TPSA) is 53.4 Å². The van der Waals surface area contributed by atoms with Crippen LogP contribution in [0, 0.1) is 0 Å². The molecule has 0 aliphatic rings. The zero-order chi connectivity index (χ0) is 12.6. The second kappa shape index (κ2) is 4.03. The van der Waals surface area contributed by atoms with E-state index in [0.717, 1.165) is 12.3 Å². The van der Waals surface area contributed by atoms with Crippen molar-refractivity contribution in [2.24, 2.45) is 0 Å². The molecule has 1 rings (SSSR count). The van der Waals surface area contributed by atoms with Crippen molar-refractivity contribution in [2.75, 3.05) is 0 Å². The number of rotatable bonds is 2. The maximum atomic E-state index is 12.1. The Hall–Kier alpha value is -1.14. The van der Waals surface area contributed by atoms with Crippen molar-refractivity contribution >= 4 is 0 Å². The van der Waals surface area contributed by atoms with Gasteiger partial charge in [0.2, 0.25) is 0 Å². The summed E-state index contributed by atoms with van der Waals surface area (Å²) in [6, 6.07) is 2.35. The van der Waals surface area contributed by atoms with Gasteiger partial charge >= 0.3 is 6.18 Å². The summed E-state index contributed by atoms with van der Waals surface area (Å²) >= 11 is 0. The average molecular weight is 235 g/mol. The minimum absolute atomic E-state index is 0.241. The largest absolute Gasteiger partial charge is 0.418 e. The van der Waals surface area contributed by atoms with Crippen LogP contribution in [-0.4, -0.2) is 21.4 Å². The first-order valence-electron chi connectivity index (χ1n) is 4.56. The second-order valence-electron chi connectivity index (χ2n) is 3.98. The summed E-state index contributed by atoms with van der Waals surface area (Å²) in [5.74, 6) is 0. The van der Waals surface area contributed by atoms with Gasteiger partial charge in [-0.1, -0.05) is 6.07 Å². The first kappa shape index (κ1) is 12.9. The highest BCUT2D eigenvalue weighted by atomic mass is 19.4. The molecular weight excluding hydrogens is 223 g/mol. The van der Waals surface area contributed by atoms with Crippen molar-refractivity contribution in [3.05, 3.63) is 29.6 Å². The van der Waals surface area contributed by atoms with Crippen LogP contribution < -0.4 is 0 Å². The van der Waals surface area contributed by atoms with Crippen LogP contribution in [0.1, 0.15) is 31.2 Å². The number of aliphatic hydroxyl groups is 2. The molecular formula is C10H12F3NO2. The number of alkyl halides is 3. The molecule has 1 aromatic heterocycles. The Morgan fingerprint density at radius 1 is 1.25 bits per heavy atom. The van der Waals surface area contributed by atoms with Crippen LogP contribution in [0.25, 0.3) is 0 Å². The highest BCUT2D eigenvalue weighted by Crippen LogP contribution is 2.32. The minimum Gasteiger partial charge on any atom is -0.384 e. The van der Waals surface area contributed by atoms with Gasteiger partial charge in [-0.25, -0.2) is 0 Å². The number of pyridine rings is 1. The number of halogens is 3. The third-order valence-corrected chi connectivity index (χ3v) is 2.04. The van der Waals surface area contributed by atoms with E-state index in [1.165, 1.54) is 19.9 Å². The molecule has 0 saturated carbocycles. The van der Waals surface area contributed by atoms with Gasteiger partial charge in [-0.2, -0.15) is 13.2 Å². The van der Waals surface area contributed by atoms with Crippen LogP contribution in [0.3, 0.4) is 0 Å². The summed E-state index contributed by atoms with van der Waals surface area (Å²) in [7, 11) is 0. The van der Waals surface area contributed by atoms with Gasteiger partial charge in [0.05, 0.1) is 5.69 Å². The Kier molecular flexibility index (Phi) is 3.25. The molecule has 0 fully saturated rings.